The van der Waals surface area contributed by atoms with E-state index in [2.05, 4.69) is 30.9 Å². The molecular formula is C11H23NSSi. The topological polar surface area (TPSA) is 26.0 Å². The van der Waals surface area contributed by atoms with Crippen LogP contribution in [0.2, 0.25) is 19.6 Å². The van der Waals surface area contributed by atoms with E-state index in [9.17, 15) is 0 Å². The minimum absolute atomic E-state index is 0.846. The predicted octanol–water partition coefficient (Wildman–Crippen LogP) is 3.73. The van der Waals surface area contributed by atoms with Gasteiger partial charge in [-0.1, -0.05) is 31.6 Å². The van der Waals surface area contributed by atoms with Gasteiger partial charge >= 0.3 is 0 Å². The zero-order valence-electron chi connectivity index (χ0n) is 9.68. The molecule has 1 aliphatic carbocycles. The van der Waals surface area contributed by atoms with Gasteiger partial charge in [0.2, 0.25) is 0 Å². The summed E-state index contributed by atoms with van der Waals surface area (Å²) < 4.78 is 0. The summed E-state index contributed by atoms with van der Waals surface area (Å²) in [5.74, 6) is 0. The van der Waals surface area contributed by atoms with Crippen LogP contribution in [0.3, 0.4) is 0 Å². The van der Waals surface area contributed by atoms with Gasteiger partial charge in [-0.05, 0) is 31.9 Å². The maximum Gasteiger partial charge on any atom is 0.108 e. The number of rotatable bonds is 2. The molecule has 0 heterocycles. The largest absolute Gasteiger partial charge is 0.405 e. The summed E-state index contributed by atoms with van der Waals surface area (Å²) in [6.07, 6.45) is 8.45. The summed E-state index contributed by atoms with van der Waals surface area (Å²) in [5, 5.41) is 0.846. The highest BCUT2D eigenvalue weighted by Gasteiger charge is 2.23. The third-order valence-electron chi connectivity index (χ3n) is 2.52. The smallest absolute Gasteiger partial charge is 0.108 e. The molecule has 2 N–H and O–H groups in total. The molecular weight excluding hydrogens is 206 g/mol. The Kier molecular flexibility index (Phi) is 4.58. The quantitative estimate of drug-likeness (QED) is 0.577. The van der Waals surface area contributed by atoms with Crippen molar-refractivity contribution in [1.29, 1.82) is 0 Å². The van der Waals surface area contributed by atoms with Gasteiger partial charge in [0.05, 0.1) is 0 Å². The van der Waals surface area contributed by atoms with Gasteiger partial charge in [-0.25, -0.2) is 0 Å². The SMILES string of the molecule is C[Si](C)(C)SC1CCCCC(=CN)C1. The molecule has 1 atom stereocenters. The minimum Gasteiger partial charge on any atom is -0.405 e. The first-order valence-corrected chi connectivity index (χ1v) is 10.7. The van der Waals surface area contributed by atoms with Gasteiger partial charge in [0, 0.05) is 5.25 Å². The fourth-order valence-electron chi connectivity index (χ4n) is 1.97. The van der Waals surface area contributed by atoms with Crippen LogP contribution in [-0.4, -0.2) is 12.5 Å². The zero-order valence-corrected chi connectivity index (χ0v) is 11.5. The van der Waals surface area contributed by atoms with Crippen LogP contribution in [0.4, 0.5) is 0 Å². The van der Waals surface area contributed by atoms with Crippen molar-refractivity contribution in [2.45, 2.75) is 57.0 Å². The zero-order chi connectivity index (χ0) is 10.6. The summed E-state index contributed by atoms with van der Waals surface area (Å²) in [6, 6.07) is 0. The number of nitrogens with two attached hydrogens (primary N) is 1. The van der Waals surface area contributed by atoms with E-state index in [1.807, 2.05) is 6.20 Å². The molecule has 1 saturated carbocycles. The van der Waals surface area contributed by atoms with E-state index >= 15 is 0 Å². The van der Waals surface area contributed by atoms with Crippen LogP contribution in [0, 0.1) is 0 Å². The van der Waals surface area contributed by atoms with Crippen LogP contribution >= 0.6 is 11.2 Å². The first-order chi connectivity index (χ1) is 6.51. The average molecular weight is 229 g/mol. The van der Waals surface area contributed by atoms with Gasteiger partial charge in [0.1, 0.15) is 7.22 Å². The Labute approximate surface area is 93.2 Å². The lowest BCUT2D eigenvalue weighted by atomic mass is 10.1. The van der Waals surface area contributed by atoms with Crippen LogP contribution in [-0.2, 0) is 0 Å². The first-order valence-electron chi connectivity index (χ1n) is 5.59. The second-order valence-corrected chi connectivity index (χ2v) is 14.6. The van der Waals surface area contributed by atoms with Crippen LogP contribution in [0.1, 0.15) is 32.1 Å². The standard InChI is InChI=1S/C11H23NSSi/c1-14(2,3)13-11-7-5-4-6-10(8-11)9-12/h9,11H,4-8,12H2,1-3H3. The molecule has 0 aromatic carbocycles. The second-order valence-electron chi connectivity index (χ2n) is 5.13. The minimum atomic E-state index is -0.961. The molecule has 3 heteroatoms. The molecule has 0 aromatic heterocycles. The van der Waals surface area contributed by atoms with E-state index in [0.29, 0.717) is 0 Å². The van der Waals surface area contributed by atoms with E-state index in [4.69, 9.17) is 5.73 Å². The Morgan fingerprint density at radius 2 is 2.07 bits per heavy atom. The lowest BCUT2D eigenvalue weighted by Crippen LogP contribution is -2.20. The maximum atomic E-state index is 5.64. The van der Waals surface area contributed by atoms with E-state index in [-0.39, 0.29) is 0 Å². The summed E-state index contributed by atoms with van der Waals surface area (Å²) in [6.45, 7) is 7.32. The van der Waals surface area contributed by atoms with Gasteiger partial charge in [0.15, 0.2) is 0 Å². The summed E-state index contributed by atoms with van der Waals surface area (Å²) >= 11 is 2.25. The second kappa shape index (κ2) is 5.26. The van der Waals surface area contributed by atoms with E-state index in [0.717, 1.165) is 5.25 Å². The van der Waals surface area contributed by atoms with Crippen molar-refractivity contribution in [2.75, 3.05) is 0 Å². The highest BCUT2D eigenvalue weighted by molar-refractivity contribution is 8.29. The third-order valence-corrected chi connectivity index (χ3v) is 7.08. The molecule has 14 heavy (non-hydrogen) atoms. The highest BCUT2D eigenvalue weighted by atomic mass is 32.4. The van der Waals surface area contributed by atoms with Crippen molar-refractivity contribution in [3.05, 3.63) is 11.8 Å². The van der Waals surface area contributed by atoms with Crippen molar-refractivity contribution in [1.82, 2.24) is 0 Å². The first kappa shape index (κ1) is 12.2. The highest BCUT2D eigenvalue weighted by Crippen LogP contribution is 2.35. The summed E-state index contributed by atoms with van der Waals surface area (Å²) in [7, 11) is -0.961. The molecule has 0 saturated heterocycles. The summed E-state index contributed by atoms with van der Waals surface area (Å²) in [5.41, 5.74) is 7.12. The molecule has 0 aromatic rings. The molecule has 0 amide bonds. The Hall–Kier alpha value is 0.107. The Balaban J connectivity index is 2.51. The fourth-order valence-corrected chi connectivity index (χ4v) is 7.16. The Morgan fingerprint density at radius 3 is 2.64 bits per heavy atom. The van der Waals surface area contributed by atoms with E-state index < -0.39 is 7.22 Å². The number of hydrogen-bond acceptors (Lipinski definition) is 2. The Bertz CT molecular complexity index is 208. The van der Waals surface area contributed by atoms with Crippen molar-refractivity contribution in [3.63, 3.8) is 0 Å². The van der Waals surface area contributed by atoms with Crippen LogP contribution < -0.4 is 5.73 Å². The molecule has 1 unspecified atom stereocenters. The molecule has 1 fully saturated rings. The molecule has 1 aliphatic rings. The van der Waals surface area contributed by atoms with Gasteiger partial charge in [-0.15, -0.1) is 0 Å². The lowest BCUT2D eigenvalue weighted by molar-refractivity contribution is 0.714. The van der Waals surface area contributed by atoms with Crippen molar-refractivity contribution in [3.8, 4) is 0 Å². The van der Waals surface area contributed by atoms with Gasteiger partial charge in [0.25, 0.3) is 0 Å². The molecule has 1 nitrogen and oxygen atoms in total. The van der Waals surface area contributed by atoms with Gasteiger partial charge in [-0.2, -0.15) is 11.2 Å². The normalized spacial score (nSPS) is 27.6. The lowest BCUT2D eigenvalue weighted by Gasteiger charge is -2.23. The van der Waals surface area contributed by atoms with E-state index in [1.54, 1.807) is 0 Å². The average Bonchev–Trinajstić information content (AvgIpc) is 2.26. The molecule has 82 valence electrons. The van der Waals surface area contributed by atoms with Crippen LogP contribution in [0.15, 0.2) is 11.8 Å². The molecule has 0 spiro atoms. The van der Waals surface area contributed by atoms with Crippen LogP contribution in [0.5, 0.6) is 0 Å². The van der Waals surface area contributed by atoms with Crippen LogP contribution in [0.25, 0.3) is 0 Å². The molecule has 0 bridgehead atoms. The third kappa shape index (κ3) is 4.56. The van der Waals surface area contributed by atoms with Crippen molar-refractivity contribution in [2.24, 2.45) is 5.73 Å². The monoisotopic (exact) mass is 229 g/mol. The Morgan fingerprint density at radius 1 is 1.36 bits per heavy atom. The number of allylic oxidation sites excluding steroid dienone is 1. The number of hydrogen-bond donors (Lipinski definition) is 1. The molecule has 1 rings (SSSR count). The fraction of sp³-hybridized carbons (Fsp3) is 0.818. The maximum absolute atomic E-state index is 5.64. The molecule has 0 radical (unpaired) electrons. The summed E-state index contributed by atoms with van der Waals surface area (Å²) in [4.78, 5) is 0. The molecule has 0 aliphatic heterocycles. The van der Waals surface area contributed by atoms with Gasteiger partial charge < -0.3 is 5.73 Å². The van der Waals surface area contributed by atoms with Crippen molar-refractivity contribution >= 4 is 18.4 Å². The van der Waals surface area contributed by atoms with Gasteiger partial charge in [-0.3, -0.25) is 0 Å². The van der Waals surface area contributed by atoms with Crippen molar-refractivity contribution < 1.29 is 0 Å². The predicted molar refractivity (Wildman–Crippen MR) is 70.1 cm³/mol. The van der Waals surface area contributed by atoms with E-state index in [1.165, 1.54) is 37.7 Å².